The van der Waals surface area contributed by atoms with Gasteiger partial charge in [-0.05, 0) is 62.0 Å². The van der Waals surface area contributed by atoms with Gasteiger partial charge in [0.25, 0.3) is 0 Å². The van der Waals surface area contributed by atoms with Gasteiger partial charge in [0.15, 0.2) is 5.82 Å². The molecule has 0 bridgehead atoms. The van der Waals surface area contributed by atoms with Crippen LogP contribution in [0.15, 0.2) is 54.7 Å². The van der Waals surface area contributed by atoms with Crippen LogP contribution in [-0.2, 0) is 0 Å². The second-order valence-electron chi connectivity index (χ2n) is 8.91. The monoisotopic (exact) mass is 479 g/mol. The summed E-state index contributed by atoms with van der Waals surface area (Å²) in [7, 11) is 2.16. The third-order valence-corrected chi connectivity index (χ3v) is 6.67. The van der Waals surface area contributed by atoms with Gasteiger partial charge in [-0.1, -0.05) is 11.6 Å². The molecule has 1 atom stereocenters. The highest BCUT2D eigenvalue weighted by Gasteiger charge is 2.20. The number of aliphatic hydroxyl groups excluding tert-OH is 1. The summed E-state index contributed by atoms with van der Waals surface area (Å²) in [6.45, 7) is 5.79. The number of likely N-dealkylation sites (N-methyl/N-ethyl adjacent to an activating group) is 1. The van der Waals surface area contributed by atoms with Crippen molar-refractivity contribution in [2.24, 2.45) is 0 Å². The van der Waals surface area contributed by atoms with E-state index in [1.54, 1.807) is 6.20 Å². The maximum Gasteiger partial charge on any atom is 0.229 e. The van der Waals surface area contributed by atoms with Crippen LogP contribution in [-0.4, -0.2) is 72.4 Å². The molecule has 0 saturated carbocycles. The summed E-state index contributed by atoms with van der Waals surface area (Å²) >= 11 is 6.36. The first-order valence-electron chi connectivity index (χ1n) is 11.7. The second kappa shape index (κ2) is 10.0. The number of halogens is 1. The minimum atomic E-state index is -0.244. The van der Waals surface area contributed by atoms with Crippen LogP contribution in [0, 0.1) is 0 Å². The molecule has 0 spiro atoms. The molecule has 3 aromatic rings. The van der Waals surface area contributed by atoms with Gasteiger partial charge in [0.05, 0.1) is 12.3 Å². The molecule has 2 saturated heterocycles. The van der Waals surface area contributed by atoms with Crippen LogP contribution in [0.4, 0.5) is 34.5 Å². The third-order valence-electron chi connectivity index (χ3n) is 6.39. The van der Waals surface area contributed by atoms with Crippen molar-refractivity contribution in [2.45, 2.75) is 12.5 Å². The Hall–Kier alpha value is -3.07. The maximum absolute atomic E-state index is 9.76. The quantitative estimate of drug-likeness (QED) is 0.490. The van der Waals surface area contributed by atoms with E-state index in [9.17, 15) is 5.11 Å². The van der Waals surface area contributed by atoms with Crippen molar-refractivity contribution in [3.05, 3.63) is 59.8 Å². The van der Waals surface area contributed by atoms with E-state index >= 15 is 0 Å². The molecule has 2 aromatic carbocycles. The van der Waals surface area contributed by atoms with E-state index in [1.165, 1.54) is 5.69 Å². The zero-order valence-electron chi connectivity index (χ0n) is 19.3. The minimum absolute atomic E-state index is 0.244. The van der Waals surface area contributed by atoms with E-state index in [1.807, 2.05) is 36.4 Å². The van der Waals surface area contributed by atoms with E-state index < -0.39 is 0 Å². The van der Waals surface area contributed by atoms with Gasteiger partial charge in [-0.3, -0.25) is 0 Å². The number of nitrogens with zero attached hydrogens (tertiary/aromatic N) is 5. The van der Waals surface area contributed by atoms with Gasteiger partial charge in [-0.25, -0.2) is 4.98 Å². The zero-order valence-corrected chi connectivity index (χ0v) is 20.0. The maximum atomic E-state index is 9.76. The van der Waals surface area contributed by atoms with Crippen LogP contribution in [0.25, 0.3) is 0 Å². The van der Waals surface area contributed by atoms with Crippen molar-refractivity contribution in [1.82, 2.24) is 14.9 Å². The molecule has 1 aromatic heterocycles. The molecule has 8 nitrogen and oxygen atoms in total. The fraction of sp³-hybridized carbons (Fsp3) is 0.360. The van der Waals surface area contributed by atoms with Gasteiger partial charge in [0, 0.05) is 62.0 Å². The smallest absolute Gasteiger partial charge is 0.229 e. The number of piperazine rings is 1. The lowest BCUT2D eigenvalue weighted by Crippen LogP contribution is -2.44. The molecule has 0 aliphatic carbocycles. The van der Waals surface area contributed by atoms with Crippen LogP contribution in [0.1, 0.15) is 6.42 Å². The summed E-state index contributed by atoms with van der Waals surface area (Å²) < 4.78 is 0. The zero-order chi connectivity index (χ0) is 23.5. The fourth-order valence-corrected chi connectivity index (χ4v) is 4.47. The predicted molar refractivity (Wildman–Crippen MR) is 139 cm³/mol. The molecule has 2 aliphatic heterocycles. The van der Waals surface area contributed by atoms with E-state index in [0.29, 0.717) is 23.3 Å². The number of hydrogen-bond acceptors (Lipinski definition) is 8. The van der Waals surface area contributed by atoms with Gasteiger partial charge in [0.2, 0.25) is 5.95 Å². The fourth-order valence-electron chi connectivity index (χ4n) is 4.33. The van der Waals surface area contributed by atoms with Gasteiger partial charge >= 0.3 is 0 Å². The molecule has 3 heterocycles. The van der Waals surface area contributed by atoms with Crippen molar-refractivity contribution in [3.8, 4) is 0 Å². The van der Waals surface area contributed by atoms with Crippen LogP contribution in [0.2, 0.25) is 5.02 Å². The topological polar surface area (TPSA) is 79.8 Å². The number of rotatable bonds is 6. The molecule has 3 N–H and O–H groups in total. The first kappa shape index (κ1) is 22.7. The number of nitrogens with one attached hydrogen (secondary N) is 2. The molecule has 9 heteroatoms. The highest BCUT2D eigenvalue weighted by atomic mass is 35.5. The summed E-state index contributed by atoms with van der Waals surface area (Å²) in [6.07, 6.45) is 2.16. The normalized spacial score (nSPS) is 18.9. The summed E-state index contributed by atoms with van der Waals surface area (Å²) in [5, 5.41) is 16.8. The van der Waals surface area contributed by atoms with Gasteiger partial charge < -0.3 is 30.4 Å². The average Bonchev–Trinajstić information content (AvgIpc) is 3.29. The Morgan fingerprint density at radius 2 is 1.47 bits per heavy atom. The lowest BCUT2D eigenvalue weighted by atomic mass is 10.2. The van der Waals surface area contributed by atoms with Crippen molar-refractivity contribution in [2.75, 3.05) is 66.7 Å². The Balaban J connectivity index is 1.23. The largest absolute Gasteiger partial charge is 0.391 e. The lowest BCUT2D eigenvalue weighted by molar-refractivity contribution is 0.198. The molecule has 2 fully saturated rings. The lowest BCUT2D eigenvalue weighted by Gasteiger charge is -2.34. The van der Waals surface area contributed by atoms with Crippen LogP contribution >= 0.6 is 11.6 Å². The van der Waals surface area contributed by atoms with Crippen LogP contribution < -0.4 is 20.4 Å². The number of aliphatic hydroxyl groups is 1. The first-order chi connectivity index (χ1) is 16.5. The number of benzene rings is 2. The van der Waals surface area contributed by atoms with Crippen molar-refractivity contribution < 1.29 is 5.11 Å². The van der Waals surface area contributed by atoms with E-state index in [0.717, 1.165) is 56.2 Å². The van der Waals surface area contributed by atoms with E-state index in [4.69, 9.17) is 11.6 Å². The molecular formula is C25H30ClN7O. The van der Waals surface area contributed by atoms with E-state index in [-0.39, 0.29) is 6.10 Å². The molecule has 0 amide bonds. The summed E-state index contributed by atoms with van der Waals surface area (Å²) in [5.41, 5.74) is 4.12. The van der Waals surface area contributed by atoms with Gasteiger partial charge in [-0.2, -0.15) is 4.98 Å². The van der Waals surface area contributed by atoms with Crippen molar-refractivity contribution in [1.29, 1.82) is 0 Å². The summed E-state index contributed by atoms with van der Waals surface area (Å²) in [4.78, 5) is 15.8. The molecule has 0 unspecified atom stereocenters. The SMILES string of the molecule is CN1CCN(c2ccc(Nc3ncc(Cl)c(Nc4ccc(N5CC[C@H](O)C5)cc4)n3)cc2)CC1. The molecule has 5 rings (SSSR count). The Morgan fingerprint density at radius 3 is 2.09 bits per heavy atom. The Morgan fingerprint density at radius 1 is 0.853 bits per heavy atom. The average molecular weight is 480 g/mol. The molecule has 2 aliphatic rings. The standard InChI is InChI=1S/C25H30ClN7O/c1-31-12-14-32(15-13-31)20-6-4-19(5-7-20)29-25-27-16-23(26)24(30-25)28-18-2-8-21(9-3-18)33-11-10-22(34)17-33/h2-9,16,22,34H,10-15,17H2,1H3,(H2,27,28,29,30)/t22-/m0/s1. The number of anilines is 6. The van der Waals surface area contributed by atoms with Crippen LogP contribution in [0.3, 0.4) is 0 Å². The number of hydrogen-bond donors (Lipinski definition) is 3. The number of aromatic nitrogens is 2. The molecule has 34 heavy (non-hydrogen) atoms. The molecular weight excluding hydrogens is 450 g/mol. The van der Waals surface area contributed by atoms with Crippen LogP contribution in [0.5, 0.6) is 0 Å². The van der Waals surface area contributed by atoms with Gasteiger partial charge in [0.1, 0.15) is 5.02 Å². The first-order valence-corrected chi connectivity index (χ1v) is 12.0. The Bertz CT molecular complexity index is 1100. The highest BCUT2D eigenvalue weighted by Crippen LogP contribution is 2.28. The molecule has 0 radical (unpaired) electrons. The van der Waals surface area contributed by atoms with Crippen molar-refractivity contribution in [3.63, 3.8) is 0 Å². The Kier molecular flexibility index (Phi) is 6.71. The third kappa shape index (κ3) is 5.35. The van der Waals surface area contributed by atoms with Crippen molar-refractivity contribution >= 4 is 46.1 Å². The number of β-amino-alcohol motifs (C(OH)–C–C–N with tert-alkyl or cyclic N) is 1. The van der Waals surface area contributed by atoms with E-state index in [2.05, 4.69) is 54.5 Å². The highest BCUT2D eigenvalue weighted by molar-refractivity contribution is 6.32. The predicted octanol–water partition coefficient (Wildman–Crippen LogP) is 3.94. The summed E-state index contributed by atoms with van der Waals surface area (Å²) in [5.74, 6) is 1.01. The minimum Gasteiger partial charge on any atom is -0.391 e. The Labute approximate surface area is 205 Å². The second-order valence-corrected chi connectivity index (χ2v) is 9.32. The summed E-state index contributed by atoms with van der Waals surface area (Å²) in [6, 6.07) is 16.4. The van der Waals surface area contributed by atoms with Gasteiger partial charge in [-0.15, -0.1) is 0 Å². The molecule has 178 valence electrons.